The Kier molecular flexibility index (Phi) is 4.84. The lowest BCUT2D eigenvalue weighted by Crippen LogP contribution is -2.55. The van der Waals surface area contributed by atoms with Crippen molar-refractivity contribution >= 4 is 0 Å². The maximum absolute atomic E-state index is 8.97. The maximum atomic E-state index is 8.97. The Balaban J connectivity index is 4.38. The molecule has 0 heterocycles. The summed E-state index contributed by atoms with van der Waals surface area (Å²) >= 11 is 0. The predicted octanol–water partition coefficient (Wildman–Crippen LogP) is -4.95. The standard InChI is InChI=1S/C6H14O8/c7-1-2(8)3(9)4(10)5(11)6(12,13)14/h2-5,7-14H,1H2/t2-,3-,4+,5+/m1/s1. The molecule has 14 heavy (non-hydrogen) atoms. The molecule has 0 radical (unpaired) electrons. The van der Waals surface area contributed by atoms with Crippen LogP contribution in [0.4, 0.5) is 0 Å². The van der Waals surface area contributed by atoms with E-state index in [2.05, 4.69) is 0 Å². The van der Waals surface area contributed by atoms with Gasteiger partial charge in [0.1, 0.15) is 18.3 Å². The van der Waals surface area contributed by atoms with Gasteiger partial charge in [-0.05, 0) is 0 Å². The molecule has 0 saturated heterocycles. The summed E-state index contributed by atoms with van der Waals surface area (Å²) in [6.45, 7) is -0.903. The Labute approximate surface area is 78.9 Å². The number of hydrogen-bond acceptors (Lipinski definition) is 8. The SMILES string of the molecule is OC[C@@H](O)[C@@H](O)[C@H](O)[C@H](O)C(O)(O)O. The van der Waals surface area contributed by atoms with Crippen LogP contribution in [0.2, 0.25) is 0 Å². The van der Waals surface area contributed by atoms with Gasteiger partial charge >= 0.3 is 5.97 Å². The van der Waals surface area contributed by atoms with Crippen LogP contribution in [0.25, 0.3) is 0 Å². The lowest BCUT2D eigenvalue weighted by molar-refractivity contribution is -0.371. The molecule has 8 nitrogen and oxygen atoms in total. The zero-order valence-corrected chi connectivity index (χ0v) is 7.09. The lowest BCUT2D eigenvalue weighted by Gasteiger charge is -2.29. The summed E-state index contributed by atoms with van der Waals surface area (Å²) in [6.07, 6.45) is -8.53. The molecule has 0 saturated carbocycles. The summed E-state index contributed by atoms with van der Waals surface area (Å²) in [7, 11) is 0. The van der Waals surface area contributed by atoms with Crippen molar-refractivity contribution in [3.8, 4) is 0 Å². The van der Waals surface area contributed by atoms with Crippen LogP contribution in [-0.2, 0) is 0 Å². The topological polar surface area (TPSA) is 162 Å². The van der Waals surface area contributed by atoms with Crippen molar-refractivity contribution in [3.63, 3.8) is 0 Å². The van der Waals surface area contributed by atoms with Crippen LogP contribution in [0.1, 0.15) is 0 Å². The minimum absolute atomic E-state index is 0.903. The van der Waals surface area contributed by atoms with Gasteiger partial charge in [-0.3, -0.25) is 0 Å². The summed E-state index contributed by atoms with van der Waals surface area (Å²) in [4.78, 5) is 0. The van der Waals surface area contributed by atoms with Crippen molar-refractivity contribution < 1.29 is 40.9 Å². The van der Waals surface area contributed by atoms with Gasteiger partial charge < -0.3 is 40.9 Å². The first-order valence-corrected chi connectivity index (χ1v) is 3.72. The van der Waals surface area contributed by atoms with E-state index >= 15 is 0 Å². The Hall–Kier alpha value is -0.320. The fourth-order valence-electron chi connectivity index (χ4n) is 0.751. The van der Waals surface area contributed by atoms with Crippen LogP contribution in [0.5, 0.6) is 0 Å². The Morgan fingerprint density at radius 2 is 1.29 bits per heavy atom. The number of aliphatic hydroxyl groups is 8. The largest absolute Gasteiger partial charge is 0.394 e. The summed E-state index contributed by atoms with van der Waals surface area (Å²) < 4.78 is 0. The number of aliphatic hydroxyl groups excluding tert-OH is 5. The van der Waals surface area contributed by atoms with Crippen molar-refractivity contribution in [2.75, 3.05) is 6.61 Å². The smallest absolute Gasteiger partial charge is 0.305 e. The van der Waals surface area contributed by atoms with Crippen LogP contribution in [0.15, 0.2) is 0 Å². The highest BCUT2D eigenvalue weighted by atomic mass is 16.7. The van der Waals surface area contributed by atoms with Crippen molar-refractivity contribution in [2.45, 2.75) is 30.4 Å². The molecule has 0 aromatic heterocycles. The van der Waals surface area contributed by atoms with Gasteiger partial charge in [0.25, 0.3) is 0 Å². The van der Waals surface area contributed by atoms with Crippen LogP contribution in [-0.4, -0.2) is 77.8 Å². The van der Waals surface area contributed by atoms with E-state index in [1.807, 2.05) is 0 Å². The molecule has 0 unspecified atom stereocenters. The van der Waals surface area contributed by atoms with Crippen LogP contribution in [0, 0.1) is 0 Å². The first-order valence-electron chi connectivity index (χ1n) is 3.72. The molecule has 0 rings (SSSR count). The third-order valence-electron chi connectivity index (χ3n) is 1.65. The predicted molar refractivity (Wildman–Crippen MR) is 40.5 cm³/mol. The molecule has 8 N–H and O–H groups in total. The fourth-order valence-corrected chi connectivity index (χ4v) is 0.751. The first-order chi connectivity index (χ1) is 6.21. The van der Waals surface area contributed by atoms with Gasteiger partial charge in [-0.1, -0.05) is 0 Å². The van der Waals surface area contributed by atoms with E-state index in [0.717, 1.165) is 0 Å². The van der Waals surface area contributed by atoms with E-state index in [4.69, 9.17) is 40.9 Å². The minimum atomic E-state index is -3.60. The first kappa shape index (κ1) is 13.7. The van der Waals surface area contributed by atoms with Gasteiger partial charge in [-0.2, -0.15) is 0 Å². The van der Waals surface area contributed by atoms with Crippen molar-refractivity contribution in [2.24, 2.45) is 0 Å². The zero-order valence-electron chi connectivity index (χ0n) is 7.09. The van der Waals surface area contributed by atoms with E-state index in [1.165, 1.54) is 0 Å². The molecule has 86 valence electrons. The molecule has 8 heteroatoms. The average Bonchev–Trinajstić information content (AvgIpc) is 2.11. The van der Waals surface area contributed by atoms with Gasteiger partial charge in [0, 0.05) is 0 Å². The van der Waals surface area contributed by atoms with Crippen molar-refractivity contribution in [1.82, 2.24) is 0 Å². The van der Waals surface area contributed by atoms with Gasteiger partial charge in [0.2, 0.25) is 0 Å². The minimum Gasteiger partial charge on any atom is -0.394 e. The molecule has 0 aromatic carbocycles. The van der Waals surface area contributed by atoms with E-state index in [9.17, 15) is 0 Å². The van der Waals surface area contributed by atoms with Crippen LogP contribution < -0.4 is 0 Å². The maximum Gasteiger partial charge on any atom is 0.305 e. The van der Waals surface area contributed by atoms with E-state index in [1.54, 1.807) is 0 Å². The highest BCUT2D eigenvalue weighted by Crippen LogP contribution is 2.12. The molecule has 0 spiro atoms. The average molecular weight is 214 g/mol. The fraction of sp³-hybridized carbons (Fsp3) is 1.00. The second-order valence-electron chi connectivity index (χ2n) is 2.86. The molecule has 0 aliphatic carbocycles. The van der Waals surface area contributed by atoms with Gasteiger partial charge in [-0.25, -0.2) is 0 Å². The number of hydrogen-bond donors (Lipinski definition) is 8. The third kappa shape index (κ3) is 3.44. The molecule has 0 aliphatic heterocycles. The quantitative estimate of drug-likeness (QED) is 0.211. The van der Waals surface area contributed by atoms with E-state index in [-0.39, 0.29) is 0 Å². The van der Waals surface area contributed by atoms with E-state index in [0.29, 0.717) is 0 Å². The van der Waals surface area contributed by atoms with Gasteiger partial charge in [0.05, 0.1) is 6.61 Å². The van der Waals surface area contributed by atoms with Crippen LogP contribution in [0.3, 0.4) is 0 Å². The summed E-state index contributed by atoms with van der Waals surface area (Å²) in [5, 5.41) is 69.1. The molecule has 0 bridgehead atoms. The summed E-state index contributed by atoms with van der Waals surface area (Å²) in [6, 6.07) is 0. The third-order valence-corrected chi connectivity index (χ3v) is 1.65. The van der Waals surface area contributed by atoms with Gasteiger partial charge in [-0.15, -0.1) is 0 Å². The molecule has 0 aliphatic rings. The highest BCUT2D eigenvalue weighted by Gasteiger charge is 2.41. The Bertz CT molecular complexity index is 166. The summed E-state index contributed by atoms with van der Waals surface area (Å²) in [5.74, 6) is -3.60. The van der Waals surface area contributed by atoms with Crippen molar-refractivity contribution in [3.05, 3.63) is 0 Å². The Morgan fingerprint density at radius 3 is 1.57 bits per heavy atom. The van der Waals surface area contributed by atoms with E-state index < -0.39 is 37.0 Å². The molecule has 0 fully saturated rings. The highest BCUT2D eigenvalue weighted by molar-refractivity contribution is 4.83. The number of rotatable bonds is 5. The van der Waals surface area contributed by atoms with Gasteiger partial charge in [0.15, 0.2) is 6.10 Å². The summed E-state index contributed by atoms with van der Waals surface area (Å²) in [5.41, 5.74) is 0. The second kappa shape index (κ2) is 4.96. The molecular weight excluding hydrogens is 200 g/mol. The molecular formula is C6H14O8. The zero-order chi connectivity index (χ0) is 11.5. The second-order valence-corrected chi connectivity index (χ2v) is 2.86. The Morgan fingerprint density at radius 1 is 0.857 bits per heavy atom. The monoisotopic (exact) mass is 214 g/mol. The normalized spacial score (nSPS) is 21.4. The van der Waals surface area contributed by atoms with Crippen molar-refractivity contribution in [1.29, 1.82) is 0 Å². The molecule has 4 atom stereocenters. The molecule has 0 aromatic rings. The van der Waals surface area contributed by atoms with Crippen LogP contribution >= 0.6 is 0 Å². The lowest BCUT2D eigenvalue weighted by atomic mass is 10.0. The molecule has 0 amide bonds.